The van der Waals surface area contributed by atoms with Gasteiger partial charge >= 0.3 is 12.3 Å². The summed E-state index contributed by atoms with van der Waals surface area (Å²) >= 11 is 0. The van der Waals surface area contributed by atoms with E-state index in [0.29, 0.717) is 49.6 Å². The number of methoxy groups -OCH3 is 1. The maximum Gasteiger partial charge on any atom is 0.427 e. The Hall–Kier alpha value is -4.68. The molecular formula is C38H47F4N5O9S. The van der Waals surface area contributed by atoms with Crippen molar-refractivity contribution in [3.63, 3.8) is 0 Å². The number of hydrogen-bond donors (Lipinski definition) is 3. The number of pyridine rings is 1. The lowest BCUT2D eigenvalue weighted by Crippen LogP contribution is -2.59. The molecule has 2 aromatic rings. The second-order valence-electron chi connectivity index (χ2n) is 16.1. The van der Waals surface area contributed by atoms with Crippen LogP contribution < -0.4 is 24.8 Å². The molecule has 7 atom stereocenters. The van der Waals surface area contributed by atoms with Crippen LogP contribution in [0.3, 0.4) is 0 Å². The molecule has 3 N–H and O–H groups in total. The normalized spacial score (nSPS) is 29.7. The average molecular weight is 826 g/mol. The van der Waals surface area contributed by atoms with Crippen molar-refractivity contribution in [3.8, 4) is 11.6 Å². The topological polar surface area (TPSA) is 182 Å². The van der Waals surface area contributed by atoms with E-state index in [1.807, 2.05) is 11.6 Å². The number of nitrogens with zero attached hydrogens (tertiary/aromatic N) is 2. The van der Waals surface area contributed by atoms with Crippen LogP contribution in [0.15, 0.2) is 42.6 Å². The fraction of sp³-hybridized carbons (Fsp3) is 0.605. The number of alkyl halides is 4. The third-order valence-electron chi connectivity index (χ3n) is 11.3. The van der Waals surface area contributed by atoms with Crippen LogP contribution in [-0.2, 0) is 29.1 Å². The van der Waals surface area contributed by atoms with Crippen molar-refractivity contribution in [2.24, 2.45) is 17.8 Å². The number of ether oxygens (including phenoxy) is 3. The van der Waals surface area contributed by atoms with Gasteiger partial charge in [0.15, 0.2) is 0 Å². The van der Waals surface area contributed by atoms with E-state index in [1.54, 1.807) is 43.3 Å². The van der Waals surface area contributed by atoms with Crippen LogP contribution in [0.4, 0.5) is 22.4 Å². The number of carbonyl (C=O) groups excluding carboxylic acids is 4. The highest BCUT2D eigenvalue weighted by molar-refractivity contribution is 7.91. The molecule has 4 aliphatic rings. The predicted octanol–water partition coefficient (Wildman–Crippen LogP) is 4.82. The number of carbonyl (C=O) groups is 4. The molecule has 0 radical (unpaired) electrons. The Labute approximate surface area is 327 Å². The van der Waals surface area contributed by atoms with E-state index in [0.717, 1.165) is 4.90 Å². The van der Waals surface area contributed by atoms with Crippen molar-refractivity contribution in [1.29, 1.82) is 0 Å². The van der Waals surface area contributed by atoms with E-state index in [9.17, 15) is 45.2 Å². The van der Waals surface area contributed by atoms with Crippen molar-refractivity contribution in [1.82, 2.24) is 25.2 Å². The lowest BCUT2D eigenvalue weighted by Gasteiger charge is -2.34. The van der Waals surface area contributed by atoms with Crippen LogP contribution in [0.5, 0.6) is 11.6 Å². The van der Waals surface area contributed by atoms with Crippen molar-refractivity contribution in [3.05, 3.63) is 42.6 Å². The number of alkyl carbamates (subject to hydrolysis) is 1. The molecular weight excluding hydrogens is 779 g/mol. The number of benzene rings is 1. The third kappa shape index (κ3) is 8.48. The smallest absolute Gasteiger partial charge is 0.427 e. The van der Waals surface area contributed by atoms with Gasteiger partial charge in [-0.1, -0.05) is 44.2 Å². The summed E-state index contributed by atoms with van der Waals surface area (Å²) < 4.78 is 99.8. The van der Waals surface area contributed by atoms with Crippen molar-refractivity contribution in [2.75, 3.05) is 13.7 Å². The van der Waals surface area contributed by atoms with E-state index in [4.69, 9.17) is 14.2 Å². The number of nitrogens with one attached hydrogen (secondary N) is 3. The van der Waals surface area contributed by atoms with Crippen LogP contribution in [0.1, 0.15) is 72.6 Å². The fourth-order valence-corrected chi connectivity index (χ4v) is 8.74. The minimum Gasteiger partial charge on any atom is -0.494 e. The molecule has 19 heteroatoms. The standard InChI is InChI=1S/C38H47F4N5O9S/c1-21-10-6-7-11-23-18-37(23,33(50)46-57(52,53)36(39)14-15-36)45-30(48)27-17-24(55-31-26-13-9-8-12-25(26)28(54-5)19-43-31)20-47(27)32(49)29(22(2)16-21)44-34(51)56-35(3,4)38(40,41)42/h7-9,11-13,19,21-24,27,29H,6,10,14-18,20H2,1-5H3,(H,44,51)(H,45,48)(H,46,50)/b11-7-/t21-,22-,23+,24-,27+,29+,37-/m1/s1. The molecule has 1 aromatic heterocycles. The predicted molar refractivity (Wildman–Crippen MR) is 197 cm³/mol. The monoisotopic (exact) mass is 825 g/mol. The van der Waals surface area contributed by atoms with Crippen LogP contribution >= 0.6 is 0 Å². The van der Waals surface area contributed by atoms with Crippen LogP contribution in [0.2, 0.25) is 0 Å². The highest BCUT2D eigenvalue weighted by Gasteiger charge is 2.64. The number of hydrogen-bond acceptors (Lipinski definition) is 10. The van der Waals surface area contributed by atoms with Gasteiger partial charge in [-0.25, -0.2) is 27.3 Å². The van der Waals surface area contributed by atoms with E-state index in [2.05, 4.69) is 15.6 Å². The highest BCUT2D eigenvalue weighted by atomic mass is 32.2. The molecule has 0 spiro atoms. The number of aromatic nitrogens is 1. The summed E-state index contributed by atoms with van der Waals surface area (Å²) in [5.41, 5.74) is -4.71. The van der Waals surface area contributed by atoms with Gasteiger partial charge in [-0.2, -0.15) is 13.2 Å². The van der Waals surface area contributed by atoms with Crippen LogP contribution in [0, 0.1) is 17.8 Å². The van der Waals surface area contributed by atoms with E-state index in [1.165, 1.54) is 13.3 Å². The second kappa shape index (κ2) is 15.2. The Balaban J connectivity index is 1.36. The summed E-state index contributed by atoms with van der Waals surface area (Å²) in [6.45, 7) is 4.64. The minimum atomic E-state index is -4.93. The number of sulfonamides is 1. The number of fused-ring (bicyclic) bond motifs is 3. The first-order chi connectivity index (χ1) is 26.6. The Morgan fingerprint density at radius 1 is 1.07 bits per heavy atom. The van der Waals surface area contributed by atoms with Crippen LogP contribution in [0.25, 0.3) is 10.8 Å². The van der Waals surface area contributed by atoms with Crippen molar-refractivity contribution in [2.45, 2.75) is 113 Å². The maximum absolute atomic E-state index is 14.8. The highest BCUT2D eigenvalue weighted by Crippen LogP contribution is 2.48. The molecule has 6 rings (SSSR count). The molecule has 3 fully saturated rings. The van der Waals surface area contributed by atoms with Gasteiger partial charge in [-0.3, -0.25) is 14.4 Å². The van der Waals surface area contributed by atoms with Gasteiger partial charge < -0.3 is 29.7 Å². The molecule has 1 saturated heterocycles. The first-order valence-corrected chi connectivity index (χ1v) is 20.3. The summed E-state index contributed by atoms with van der Waals surface area (Å²) in [6, 6.07) is 4.20. The number of rotatable bonds is 8. The Morgan fingerprint density at radius 2 is 1.75 bits per heavy atom. The molecule has 2 aliphatic carbocycles. The van der Waals surface area contributed by atoms with Crippen molar-refractivity contribution >= 4 is 44.6 Å². The quantitative estimate of drug-likeness (QED) is 0.247. The summed E-state index contributed by atoms with van der Waals surface area (Å²) in [4.78, 5) is 61.4. The largest absolute Gasteiger partial charge is 0.494 e. The summed E-state index contributed by atoms with van der Waals surface area (Å²) in [7, 11) is -3.26. The molecule has 2 saturated carbocycles. The summed E-state index contributed by atoms with van der Waals surface area (Å²) in [5, 5.41) is 3.63. The Kier molecular flexibility index (Phi) is 11.2. The van der Waals surface area contributed by atoms with Gasteiger partial charge in [0.05, 0.1) is 19.9 Å². The molecule has 4 amide bonds. The van der Waals surface area contributed by atoms with Gasteiger partial charge in [0.25, 0.3) is 15.9 Å². The van der Waals surface area contributed by atoms with Crippen LogP contribution in [-0.4, -0.2) is 96.3 Å². The van der Waals surface area contributed by atoms with Gasteiger partial charge in [-0.05, 0) is 57.4 Å². The maximum atomic E-state index is 14.8. The molecule has 0 unspecified atom stereocenters. The lowest BCUT2D eigenvalue weighted by molar-refractivity contribution is -0.244. The van der Waals surface area contributed by atoms with Crippen molar-refractivity contribution < 1.29 is 59.4 Å². The Morgan fingerprint density at radius 3 is 2.40 bits per heavy atom. The molecule has 3 heterocycles. The number of halogens is 4. The summed E-state index contributed by atoms with van der Waals surface area (Å²) in [5.74, 6) is -3.64. The second-order valence-corrected chi connectivity index (χ2v) is 18.0. The molecule has 312 valence electrons. The third-order valence-corrected chi connectivity index (χ3v) is 13.1. The number of amides is 4. The SMILES string of the molecule is COc1cnc(O[C@@H]2C[C@H]3C(=O)N[C@]4(C(=O)NS(=O)(=O)C5(F)CC5)C[C@@H]4/C=C\CC[C@@H](C)C[C@@H](C)[C@H](NC(=O)OC(C)(C)C(F)(F)F)C(=O)N3C2)c2ccccc12. The molecule has 14 nitrogen and oxygen atoms in total. The van der Waals surface area contributed by atoms with Gasteiger partial charge in [0, 0.05) is 36.0 Å². The molecule has 2 aliphatic heterocycles. The zero-order chi connectivity index (χ0) is 41.7. The zero-order valence-electron chi connectivity index (χ0n) is 32.2. The average Bonchev–Trinajstić information content (AvgIpc) is 4.01. The molecule has 0 bridgehead atoms. The Bertz CT molecular complexity index is 2060. The minimum absolute atomic E-state index is 0.0180. The fourth-order valence-electron chi connectivity index (χ4n) is 7.49. The first-order valence-electron chi connectivity index (χ1n) is 18.8. The van der Waals surface area contributed by atoms with E-state index in [-0.39, 0.29) is 44.0 Å². The molecule has 1 aromatic carbocycles. The van der Waals surface area contributed by atoms with Gasteiger partial charge in [-0.15, -0.1) is 0 Å². The summed E-state index contributed by atoms with van der Waals surface area (Å²) in [6.07, 6.45) is -1.82. The van der Waals surface area contributed by atoms with E-state index >= 15 is 0 Å². The molecule has 57 heavy (non-hydrogen) atoms. The van der Waals surface area contributed by atoms with Gasteiger partial charge in [0.1, 0.15) is 29.5 Å². The lowest BCUT2D eigenvalue weighted by atomic mass is 9.88. The van der Waals surface area contributed by atoms with Gasteiger partial charge in [0.2, 0.25) is 28.3 Å². The number of allylic oxidation sites excluding steroid dienone is 1. The first kappa shape index (κ1) is 41.9. The van der Waals surface area contributed by atoms with E-state index < -0.39 is 86.2 Å². The zero-order valence-corrected chi connectivity index (χ0v) is 33.0.